The second kappa shape index (κ2) is 17.3. The summed E-state index contributed by atoms with van der Waals surface area (Å²) >= 11 is 1.30. The fourth-order valence-corrected chi connectivity index (χ4v) is 1.39. The van der Waals surface area contributed by atoms with Gasteiger partial charge in [-0.25, -0.2) is 23.3 Å². The van der Waals surface area contributed by atoms with Crippen LogP contribution in [0.15, 0.2) is 35.5 Å². The summed E-state index contributed by atoms with van der Waals surface area (Å²) in [6, 6.07) is 0. The molecule has 0 unspecified atom stereocenters. The molecule has 2 aliphatic carbocycles. The van der Waals surface area contributed by atoms with Gasteiger partial charge in [0.25, 0.3) is 0 Å². The summed E-state index contributed by atoms with van der Waals surface area (Å²) in [4.78, 5) is 0. The van der Waals surface area contributed by atoms with Crippen molar-refractivity contribution in [1.29, 1.82) is 0 Å². The van der Waals surface area contributed by atoms with Crippen LogP contribution in [0.4, 0.5) is 0 Å². The molecule has 100 valence electrons. The molecule has 0 saturated heterocycles. The van der Waals surface area contributed by atoms with Crippen LogP contribution in [-0.2, 0) is 24.2 Å². The zero-order valence-corrected chi connectivity index (χ0v) is 15.1. The molecule has 0 spiro atoms. The minimum absolute atomic E-state index is 0. The monoisotopic (exact) mass is 360 g/mol. The molecule has 18 heavy (non-hydrogen) atoms. The quantitative estimate of drug-likeness (QED) is 0.506. The minimum atomic E-state index is 0. The van der Waals surface area contributed by atoms with E-state index < -0.39 is 0 Å². The molecule has 0 nitrogen and oxygen atoms in total. The van der Waals surface area contributed by atoms with E-state index in [4.69, 9.17) is 0 Å². The third-order valence-corrected chi connectivity index (χ3v) is 2.29. The van der Waals surface area contributed by atoms with Crippen molar-refractivity contribution in [2.45, 2.75) is 39.5 Å². The van der Waals surface area contributed by atoms with Gasteiger partial charge in [-0.2, -0.15) is 12.2 Å². The molecule has 0 aromatic rings. The molecule has 0 aromatic heterocycles. The van der Waals surface area contributed by atoms with Crippen LogP contribution in [0.2, 0.25) is 0 Å². The van der Waals surface area contributed by atoms with Crippen molar-refractivity contribution >= 4 is 4.21 Å². The second-order valence-electron chi connectivity index (χ2n) is 3.32. The summed E-state index contributed by atoms with van der Waals surface area (Å²) in [6.07, 6.45) is 19.3. The van der Waals surface area contributed by atoms with Crippen LogP contribution in [0.5, 0.6) is 0 Å². The molecule has 0 amide bonds. The first-order chi connectivity index (χ1) is 7.86. The summed E-state index contributed by atoms with van der Waals surface area (Å²) < 4.78 is 3.34. The van der Waals surface area contributed by atoms with Gasteiger partial charge in [-0.05, 0) is 0 Å². The Kier molecular flexibility index (Phi) is 22.5. The van der Waals surface area contributed by atoms with Gasteiger partial charge in [-0.1, -0.05) is 26.7 Å². The number of hydrogen-bond acceptors (Lipinski definition) is 0. The maximum Gasteiger partial charge on any atom is -1.00 e. The van der Waals surface area contributed by atoms with E-state index in [0.29, 0.717) is 0 Å². The van der Waals surface area contributed by atoms with E-state index in [-0.39, 0.29) is 24.8 Å². The number of allylic oxidation sites excluding steroid dienone is 8. The topological polar surface area (TPSA) is 0 Å². The van der Waals surface area contributed by atoms with Gasteiger partial charge in [0.1, 0.15) is 0 Å². The molecule has 0 N–H and O–H groups in total. The van der Waals surface area contributed by atoms with Gasteiger partial charge >= 0.3 is 28.4 Å². The standard InChI is InChI=1S/2C7H9.CH2.2ClH.Zr/c2*1-2-7-5-3-4-6-7;;;;/h2*3,5H,2,4H2,1H3;1H2;2*1H;/q2*-1;;;;+2/p-2. The Labute approximate surface area is 139 Å². The van der Waals surface area contributed by atoms with Crippen molar-refractivity contribution in [2.24, 2.45) is 0 Å². The van der Waals surface area contributed by atoms with E-state index in [2.05, 4.69) is 54.5 Å². The van der Waals surface area contributed by atoms with Gasteiger partial charge < -0.3 is 24.8 Å². The van der Waals surface area contributed by atoms with Crippen LogP contribution in [0.25, 0.3) is 0 Å². The maximum atomic E-state index is 3.34. The number of hydrogen-bond donors (Lipinski definition) is 0. The molecule has 0 aromatic carbocycles. The van der Waals surface area contributed by atoms with Crippen molar-refractivity contribution in [3.63, 3.8) is 0 Å². The smallest absolute Gasteiger partial charge is 1.00 e. The molecular weight excluding hydrogens is 342 g/mol. The fraction of sp³-hybridized carbons (Fsp3) is 0.400. The summed E-state index contributed by atoms with van der Waals surface area (Å²) in [6.45, 7) is 4.30. The van der Waals surface area contributed by atoms with E-state index >= 15 is 0 Å². The molecule has 0 bridgehead atoms. The Bertz CT molecular complexity index is 272. The Morgan fingerprint density at radius 2 is 1.28 bits per heavy atom. The zero-order valence-electron chi connectivity index (χ0n) is 11.1. The molecular formula is C15H20Cl2Zr-2. The third-order valence-electron chi connectivity index (χ3n) is 2.29. The van der Waals surface area contributed by atoms with Crippen LogP contribution < -0.4 is 24.8 Å². The van der Waals surface area contributed by atoms with Crippen molar-refractivity contribution < 1.29 is 49.0 Å². The zero-order chi connectivity index (χ0) is 12.2. The van der Waals surface area contributed by atoms with Gasteiger partial charge in [0, 0.05) is 0 Å². The van der Waals surface area contributed by atoms with Gasteiger partial charge in [0.05, 0.1) is 0 Å². The van der Waals surface area contributed by atoms with E-state index in [1.165, 1.54) is 35.4 Å². The van der Waals surface area contributed by atoms with Crippen LogP contribution in [0.1, 0.15) is 39.5 Å². The van der Waals surface area contributed by atoms with Crippen LogP contribution in [0, 0.1) is 12.2 Å². The summed E-state index contributed by atoms with van der Waals surface area (Å²) in [7, 11) is 0. The summed E-state index contributed by atoms with van der Waals surface area (Å²) in [5.74, 6) is 0. The minimum Gasteiger partial charge on any atom is -1.00 e. The second-order valence-corrected chi connectivity index (χ2v) is 3.32. The maximum absolute atomic E-state index is 3.34. The van der Waals surface area contributed by atoms with E-state index in [9.17, 15) is 0 Å². The molecule has 0 aliphatic heterocycles. The van der Waals surface area contributed by atoms with Crippen molar-refractivity contribution in [2.75, 3.05) is 0 Å². The van der Waals surface area contributed by atoms with Gasteiger partial charge in [0.15, 0.2) is 0 Å². The first-order valence-corrected chi connectivity index (χ1v) is 7.48. The normalized spacial score (nSPS) is 14.0. The van der Waals surface area contributed by atoms with E-state index in [0.717, 1.165) is 25.7 Å². The average molecular weight is 362 g/mol. The predicted molar refractivity (Wildman–Crippen MR) is 68.7 cm³/mol. The molecule has 0 saturated carbocycles. The molecule has 0 radical (unpaired) electrons. The predicted octanol–water partition coefficient (Wildman–Crippen LogP) is -1.86. The Hall–Kier alpha value is 0.293. The fourth-order valence-electron chi connectivity index (χ4n) is 1.39. The largest absolute Gasteiger partial charge is 1.00 e. The van der Waals surface area contributed by atoms with Crippen LogP contribution in [-0.4, -0.2) is 4.21 Å². The Morgan fingerprint density at radius 3 is 1.39 bits per heavy atom. The van der Waals surface area contributed by atoms with Crippen LogP contribution in [0.3, 0.4) is 0 Å². The number of rotatable bonds is 2. The molecule has 0 heterocycles. The molecule has 0 fully saturated rings. The van der Waals surface area contributed by atoms with Gasteiger partial charge in [-0.3, -0.25) is 12.2 Å². The summed E-state index contributed by atoms with van der Waals surface area (Å²) in [5.41, 5.74) is 2.72. The molecule has 3 heteroatoms. The van der Waals surface area contributed by atoms with Gasteiger partial charge in [0.2, 0.25) is 0 Å². The first kappa shape index (κ1) is 23.4. The first-order valence-electron chi connectivity index (χ1n) is 5.74. The van der Waals surface area contributed by atoms with Crippen molar-refractivity contribution in [1.82, 2.24) is 0 Å². The van der Waals surface area contributed by atoms with Gasteiger partial charge in [-0.15, -0.1) is 12.8 Å². The summed E-state index contributed by atoms with van der Waals surface area (Å²) in [5, 5.41) is 0. The molecule has 2 aliphatic rings. The molecule has 0 atom stereocenters. The Balaban J connectivity index is -0.000000200. The van der Waals surface area contributed by atoms with Crippen LogP contribution >= 0.6 is 0 Å². The third kappa shape index (κ3) is 11.4. The van der Waals surface area contributed by atoms with Crippen molar-refractivity contribution in [3.8, 4) is 0 Å². The van der Waals surface area contributed by atoms with E-state index in [1.54, 1.807) is 0 Å². The van der Waals surface area contributed by atoms with E-state index in [1.807, 2.05) is 0 Å². The van der Waals surface area contributed by atoms with Crippen molar-refractivity contribution in [3.05, 3.63) is 47.6 Å². The molecule has 2 rings (SSSR count). The number of halogens is 2. The Morgan fingerprint density at radius 1 is 0.944 bits per heavy atom. The average Bonchev–Trinajstić information content (AvgIpc) is 3.05. The SMILES string of the molecule is CCC1=[C-]CC=C1.CCC1=[C-]CC=C1.[CH2]=[Zr+2].[Cl-].[Cl-].